The molecule has 1 nitrogen and oxygen atoms in total. The molecular weight excluding hydrogens is 108 g/mol. The van der Waals surface area contributed by atoms with Gasteiger partial charge >= 0.3 is 0 Å². The van der Waals surface area contributed by atoms with Gasteiger partial charge in [-0.15, -0.1) is 0 Å². The molecule has 0 rings (SSSR count). The van der Waals surface area contributed by atoms with Crippen LogP contribution in [-0.4, -0.2) is 0 Å². The molecule has 0 aliphatic carbocycles. The van der Waals surface area contributed by atoms with E-state index in [1.54, 1.807) is 0 Å². The molecule has 0 aromatic carbocycles. The monoisotopic (exact) mass is 109 g/mol. The smallest absolute Gasteiger partial charge is 0.0723 e. The van der Waals surface area contributed by atoms with Gasteiger partial charge in [0.05, 0.1) is 15.1 Å². The molecule has 0 atom stereocenters. The van der Waals surface area contributed by atoms with Crippen LogP contribution in [-0.2, 0) is 11.8 Å². The largest absolute Gasteiger partial charge is 0.274 e. The summed E-state index contributed by atoms with van der Waals surface area (Å²) in [7, 11) is 1.26. The van der Waals surface area contributed by atoms with Crippen LogP contribution in [0.3, 0.4) is 0 Å². The van der Waals surface area contributed by atoms with Crippen LogP contribution < -0.4 is 0 Å². The van der Waals surface area contributed by atoms with Gasteiger partial charge in [0.1, 0.15) is 0 Å². The predicted octanol–water partition coefficient (Wildman–Crippen LogP) is 2.02. The van der Waals surface area contributed by atoms with Crippen LogP contribution >= 0.6 is 15.1 Å². The second-order valence-electron chi connectivity index (χ2n) is 0.182. The van der Waals surface area contributed by atoms with E-state index in [1.165, 1.54) is 0 Å². The molecule has 0 heterocycles. The van der Waals surface area contributed by atoms with Crippen LogP contribution in [0.5, 0.6) is 0 Å². The predicted molar refractivity (Wildman–Crippen MR) is 23.9 cm³/mol. The quantitative estimate of drug-likeness (QED) is 0.511. The standard InChI is InChI=1S/HNP2S/c1-2-3-4/h1H. The number of hydrogen-bond donors (Lipinski definition) is 1. The van der Waals surface area contributed by atoms with Crippen LogP contribution in [0, 0.1) is 5.16 Å². The van der Waals surface area contributed by atoms with Gasteiger partial charge in [0.15, 0.2) is 0 Å². The molecule has 0 aromatic rings. The first-order valence-electron chi connectivity index (χ1n) is 0.606. The maximum Gasteiger partial charge on any atom is 0.0723 e. The molecule has 0 aliphatic heterocycles. The molecule has 0 spiro atoms. The highest BCUT2D eigenvalue weighted by Gasteiger charge is 1.39. The van der Waals surface area contributed by atoms with E-state index in [1.807, 2.05) is 0 Å². The van der Waals surface area contributed by atoms with E-state index in [4.69, 9.17) is 5.16 Å². The Morgan fingerprint density at radius 2 is 2.00 bits per heavy atom. The molecule has 4 heteroatoms. The normalized spacial score (nSPS) is 9.00. The van der Waals surface area contributed by atoms with Crippen molar-refractivity contribution in [2.24, 2.45) is 0 Å². The van der Waals surface area contributed by atoms with E-state index < -0.39 is 0 Å². The van der Waals surface area contributed by atoms with Crippen molar-refractivity contribution < 1.29 is 0 Å². The molecule has 1 N–H and O–H groups in total. The van der Waals surface area contributed by atoms with Gasteiger partial charge in [-0.25, -0.2) is 0 Å². The summed E-state index contributed by atoms with van der Waals surface area (Å²) in [5, 5.41) is 6.31. The summed E-state index contributed by atoms with van der Waals surface area (Å²) in [6.07, 6.45) is 0. The molecule has 0 saturated heterocycles. The summed E-state index contributed by atoms with van der Waals surface area (Å²) < 4.78 is 0. The highest BCUT2D eigenvalue weighted by molar-refractivity contribution is 8.27. The minimum atomic E-state index is 0.535. The minimum Gasteiger partial charge on any atom is -0.274 e. The van der Waals surface area contributed by atoms with Crippen LogP contribution in [0.4, 0.5) is 0 Å². The second kappa shape index (κ2) is 3.62. The van der Waals surface area contributed by atoms with Gasteiger partial charge in [-0.05, 0) is 11.8 Å². The molecule has 0 aromatic heterocycles. The molecule has 0 amide bonds. The lowest BCUT2D eigenvalue weighted by atomic mass is 14.0. The number of rotatable bonds is 1. The third kappa shape index (κ3) is 2.62. The lowest BCUT2D eigenvalue weighted by Crippen LogP contribution is -0.763. The molecule has 0 unspecified atom stereocenters. The van der Waals surface area contributed by atoms with Crippen molar-refractivity contribution in [2.75, 3.05) is 0 Å². The Balaban J connectivity index is 2.73. The minimum absolute atomic E-state index is 0.535. The lowest BCUT2D eigenvalue weighted by molar-refractivity contribution is 1.66. The molecule has 0 radical (unpaired) electrons. The Labute approximate surface area is 32.8 Å². The van der Waals surface area contributed by atoms with Crippen molar-refractivity contribution in [3.8, 4) is 0 Å². The average molecular weight is 109 g/mol. The number of nitrogens with one attached hydrogen (secondary N) is 1. The van der Waals surface area contributed by atoms with E-state index in [-0.39, 0.29) is 0 Å². The Kier molecular flexibility index (Phi) is 4.18. The summed E-state index contributed by atoms with van der Waals surface area (Å²) in [4.78, 5) is 0. The van der Waals surface area contributed by atoms with E-state index in [9.17, 15) is 0 Å². The van der Waals surface area contributed by atoms with Gasteiger partial charge < -0.3 is 0 Å². The summed E-state index contributed by atoms with van der Waals surface area (Å²) in [6.45, 7) is 0. The Hall–Kier alpha value is 0.620. The maximum absolute atomic E-state index is 6.31. The van der Waals surface area contributed by atoms with Gasteiger partial charge in [0, 0.05) is 0 Å². The van der Waals surface area contributed by atoms with Crippen LogP contribution in [0.2, 0.25) is 0 Å². The van der Waals surface area contributed by atoms with Crippen molar-refractivity contribution in [2.45, 2.75) is 0 Å². The highest BCUT2D eigenvalue weighted by Crippen LogP contribution is 2.10. The fourth-order valence-corrected chi connectivity index (χ4v) is 0. The summed E-state index contributed by atoms with van der Waals surface area (Å²) in [5.41, 5.74) is 0. The van der Waals surface area contributed by atoms with E-state index in [0.29, 0.717) is 8.06 Å². The fraction of sp³-hybridized carbons (Fsp3) is 0. The van der Waals surface area contributed by atoms with Crippen molar-refractivity contribution in [3.05, 3.63) is 0 Å². The zero-order valence-corrected chi connectivity index (χ0v) is 4.41. The molecule has 0 fully saturated rings. The van der Waals surface area contributed by atoms with Crippen molar-refractivity contribution in [3.63, 3.8) is 0 Å². The van der Waals surface area contributed by atoms with Crippen molar-refractivity contribution >= 4 is 26.9 Å². The molecule has 22 valence electrons. The average Bonchev–Trinajstić information content (AvgIpc) is 1.37. The topological polar surface area (TPSA) is 23.9 Å². The third-order valence-electron chi connectivity index (χ3n) is 0.0408. The third-order valence-corrected chi connectivity index (χ3v) is 1.10. The van der Waals surface area contributed by atoms with E-state index in [0.717, 1.165) is 7.04 Å². The van der Waals surface area contributed by atoms with E-state index >= 15 is 0 Å². The van der Waals surface area contributed by atoms with Gasteiger partial charge in [-0.2, -0.15) is 0 Å². The van der Waals surface area contributed by atoms with E-state index in [2.05, 4.69) is 11.8 Å². The summed E-state index contributed by atoms with van der Waals surface area (Å²) in [5.74, 6) is 0. The molecule has 0 saturated carbocycles. The van der Waals surface area contributed by atoms with Crippen LogP contribution in [0.1, 0.15) is 0 Å². The van der Waals surface area contributed by atoms with Gasteiger partial charge in [0.25, 0.3) is 0 Å². The van der Waals surface area contributed by atoms with Crippen molar-refractivity contribution in [1.29, 1.82) is 5.16 Å². The fourth-order valence-electron chi connectivity index (χ4n) is 0. The number of hydrogen-bond acceptors (Lipinski definition) is 2. The summed E-state index contributed by atoms with van der Waals surface area (Å²) in [6, 6.07) is 0. The molecule has 4 heavy (non-hydrogen) atoms. The SMILES string of the molecule is N=PP=S. The Bertz CT molecular complexity index is 27.0. The zero-order chi connectivity index (χ0) is 3.41. The zero-order valence-electron chi connectivity index (χ0n) is 1.80. The van der Waals surface area contributed by atoms with Gasteiger partial charge in [0.2, 0.25) is 0 Å². The van der Waals surface area contributed by atoms with Crippen molar-refractivity contribution in [1.82, 2.24) is 0 Å². The Morgan fingerprint density at radius 3 is 2.00 bits per heavy atom. The van der Waals surface area contributed by atoms with Gasteiger partial charge in [-0.1, -0.05) is 0 Å². The lowest BCUT2D eigenvalue weighted by Gasteiger charge is -1.36. The molecule has 0 bridgehead atoms. The van der Waals surface area contributed by atoms with Gasteiger partial charge in [-0.3, -0.25) is 5.16 Å². The highest BCUT2D eigenvalue weighted by atomic mass is 32.6. The molecule has 0 aliphatic rings. The van der Waals surface area contributed by atoms with Crippen LogP contribution in [0.15, 0.2) is 0 Å². The first-order chi connectivity index (χ1) is 1.91. The maximum atomic E-state index is 6.31. The summed E-state index contributed by atoms with van der Waals surface area (Å²) >= 11 is 4.33. The molecular formula is HNP2S. The first kappa shape index (κ1) is 4.62. The van der Waals surface area contributed by atoms with Crippen LogP contribution in [0.25, 0.3) is 0 Å². The second-order valence-corrected chi connectivity index (χ2v) is 3.10. The first-order valence-corrected chi connectivity index (χ1v) is 4.11. The Morgan fingerprint density at radius 1 is 1.75 bits per heavy atom.